The molecule has 50 valence electrons. The van der Waals surface area contributed by atoms with Crippen molar-refractivity contribution in [2.24, 2.45) is 5.92 Å². The summed E-state index contributed by atoms with van der Waals surface area (Å²) < 4.78 is 0. The van der Waals surface area contributed by atoms with Crippen LogP contribution in [0.5, 0.6) is 0 Å². The Kier molecular flexibility index (Phi) is 11.4. The Hall–Kier alpha value is 0.830. The van der Waals surface area contributed by atoms with E-state index in [9.17, 15) is 0 Å². The van der Waals surface area contributed by atoms with Gasteiger partial charge in [0, 0.05) is 12.3 Å². The number of rotatable bonds is 3. The fraction of sp³-hybridized carbons (Fsp3) is 1.00. The van der Waals surface area contributed by atoms with Crippen molar-refractivity contribution in [3.05, 3.63) is 0 Å². The minimum atomic E-state index is 0. The molecule has 0 aromatic carbocycles. The van der Waals surface area contributed by atoms with Crippen molar-refractivity contribution in [1.82, 2.24) is 6.15 Å². The molecule has 0 aromatic rings. The molecule has 0 aliphatic heterocycles. The smallest absolute Gasteiger partial charge is 0.0430 e. The van der Waals surface area contributed by atoms with Crippen molar-refractivity contribution in [3.8, 4) is 0 Å². The molecule has 0 bridgehead atoms. The molecule has 0 heterocycles. The molecule has 3 N–H and O–H groups in total. The Balaban J connectivity index is 0. The molecule has 8 heavy (non-hydrogen) atoms. The first-order valence-electron chi connectivity index (χ1n) is 2.22. The van der Waals surface area contributed by atoms with Crippen LogP contribution in [0.3, 0.4) is 0 Å². The Morgan fingerprint density at radius 2 is 2.12 bits per heavy atom. The minimum Gasteiger partial charge on any atom is -0.344 e. The number of hydrogen-bond acceptors (Lipinski definition) is 3. The number of hydrogen-bond donors (Lipinski definition) is 1. The van der Waals surface area contributed by atoms with Crippen LogP contribution >= 0.6 is 17.9 Å². The van der Waals surface area contributed by atoms with E-state index < -0.39 is 0 Å². The SMILES string of the molecule is CC(C)CSP=S.N. The van der Waals surface area contributed by atoms with E-state index >= 15 is 0 Å². The first kappa shape index (κ1) is 11.6. The first-order valence-corrected chi connectivity index (χ1v) is 5.72. The summed E-state index contributed by atoms with van der Waals surface area (Å²) in [4.78, 5) is 0. The Morgan fingerprint density at radius 3 is 2.25 bits per heavy atom. The van der Waals surface area contributed by atoms with Gasteiger partial charge in [-0.3, -0.25) is 0 Å². The van der Waals surface area contributed by atoms with Gasteiger partial charge in [-0.2, -0.15) is 0 Å². The van der Waals surface area contributed by atoms with Crippen LogP contribution < -0.4 is 6.15 Å². The highest BCUT2D eigenvalue weighted by atomic mass is 32.9. The van der Waals surface area contributed by atoms with Gasteiger partial charge in [-0.15, -0.1) is 0 Å². The summed E-state index contributed by atoms with van der Waals surface area (Å²) in [5.74, 6) is 1.99. The van der Waals surface area contributed by atoms with Gasteiger partial charge in [0.25, 0.3) is 0 Å². The molecule has 0 radical (unpaired) electrons. The van der Waals surface area contributed by atoms with Crippen LogP contribution in [0.4, 0.5) is 0 Å². The third kappa shape index (κ3) is 9.95. The first-order chi connectivity index (χ1) is 3.27. The lowest BCUT2D eigenvalue weighted by Gasteiger charge is -1.95. The molecule has 0 aliphatic rings. The van der Waals surface area contributed by atoms with Crippen LogP contribution in [0, 0.1) is 5.92 Å². The standard InChI is InChI=1S/C4H9PS2.H3N/c1-4(2)3-7-5-6;/h4H,3H2,1-2H3;1H3. The minimum absolute atomic E-state index is 0. The van der Waals surface area contributed by atoms with Crippen molar-refractivity contribution in [2.75, 3.05) is 5.75 Å². The maximum atomic E-state index is 4.71. The topological polar surface area (TPSA) is 35.0 Å². The molecule has 0 unspecified atom stereocenters. The molecule has 0 atom stereocenters. The lowest BCUT2D eigenvalue weighted by molar-refractivity contribution is 0.752. The van der Waals surface area contributed by atoms with Gasteiger partial charge in [0.1, 0.15) is 0 Å². The Bertz CT molecular complexity index is 58.0. The maximum Gasteiger partial charge on any atom is 0.0430 e. The van der Waals surface area contributed by atoms with Gasteiger partial charge in [0.2, 0.25) is 0 Å². The summed E-state index contributed by atoms with van der Waals surface area (Å²) in [6.07, 6.45) is 0. The Labute approximate surface area is 61.8 Å². The molecule has 1 nitrogen and oxygen atoms in total. The highest BCUT2D eigenvalue weighted by Gasteiger charge is 1.88. The zero-order chi connectivity index (χ0) is 5.70. The molecular formula is C4H12NPS2. The van der Waals surface area contributed by atoms with Crippen molar-refractivity contribution in [1.29, 1.82) is 0 Å². The molecule has 0 rings (SSSR count). The quantitative estimate of drug-likeness (QED) is 0.660. The second-order valence-electron chi connectivity index (χ2n) is 1.76. The summed E-state index contributed by atoms with van der Waals surface area (Å²) in [5.41, 5.74) is 0. The monoisotopic (exact) mass is 169 g/mol. The largest absolute Gasteiger partial charge is 0.344 e. The van der Waals surface area contributed by atoms with E-state index in [1.165, 1.54) is 5.75 Å². The van der Waals surface area contributed by atoms with Crippen LogP contribution in [-0.2, 0) is 11.8 Å². The van der Waals surface area contributed by atoms with Crippen LogP contribution in [0.25, 0.3) is 0 Å². The molecule has 0 saturated carbocycles. The predicted octanol–water partition coefficient (Wildman–Crippen LogP) is 2.86. The molecule has 0 aliphatic carbocycles. The lowest BCUT2D eigenvalue weighted by Crippen LogP contribution is -1.85. The third-order valence-electron chi connectivity index (χ3n) is 0.461. The van der Waals surface area contributed by atoms with Crippen LogP contribution in [0.1, 0.15) is 13.8 Å². The van der Waals surface area contributed by atoms with E-state index in [1.807, 2.05) is 0 Å². The fourth-order valence-corrected chi connectivity index (χ4v) is 2.16. The van der Waals surface area contributed by atoms with Gasteiger partial charge >= 0.3 is 0 Å². The zero-order valence-electron chi connectivity index (χ0n) is 5.26. The normalized spacial score (nSPS) is 9.38. The van der Waals surface area contributed by atoms with Crippen molar-refractivity contribution in [3.63, 3.8) is 0 Å². The van der Waals surface area contributed by atoms with Crippen LogP contribution in [0.2, 0.25) is 0 Å². The molecule has 0 spiro atoms. The van der Waals surface area contributed by atoms with E-state index in [2.05, 4.69) is 13.8 Å². The summed E-state index contributed by atoms with van der Waals surface area (Å²) in [6, 6.07) is 0. The third-order valence-corrected chi connectivity index (χ3v) is 3.09. The van der Waals surface area contributed by atoms with E-state index in [0.29, 0.717) is 0 Å². The highest BCUT2D eigenvalue weighted by Crippen LogP contribution is 2.19. The van der Waals surface area contributed by atoms with Gasteiger partial charge in [0.05, 0.1) is 0 Å². The van der Waals surface area contributed by atoms with Gasteiger partial charge in [-0.05, 0) is 17.7 Å². The Morgan fingerprint density at radius 1 is 1.62 bits per heavy atom. The van der Waals surface area contributed by atoms with E-state index in [1.54, 1.807) is 11.4 Å². The van der Waals surface area contributed by atoms with Gasteiger partial charge in [-0.25, -0.2) is 0 Å². The maximum absolute atomic E-state index is 4.71. The molecular weight excluding hydrogens is 157 g/mol. The van der Waals surface area contributed by atoms with Crippen molar-refractivity contribution >= 4 is 29.7 Å². The van der Waals surface area contributed by atoms with E-state index in [4.69, 9.17) is 11.8 Å². The molecule has 4 heteroatoms. The van der Waals surface area contributed by atoms with Crippen molar-refractivity contribution < 1.29 is 0 Å². The lowest BCUT2D eigenvalue weighted by atomic mass is 10.3. The second kappa shape index (κ2) is 7.83. The fourth-order valence-electron chi connectivity index (χ4n) is 0.180. The van der Waals surface area contributed by atoms with Crippen molar-refractivity contribution in [2.45, 2.75) is 13.8 Å². The summed E-state index contributed by atoms with van der Waals surface area (Å²) >= 11 is 6.51. The molecule has 0 fully saturated rings. The predicted molar refractivity (Wildman–Crippen MR) is 46.6 cm³/mol. The van der Waals surface area contributed by atoms with E-state index in [0.717, 1.165) is 12.5 Å². The van der Waals surface area contributed by atoms with Gasteiger partial charge < -0.3 is 6.15 Å². The summed E-state index contributed by atoms with van der Waals surface area (Å²) in [5, 5.41) is 0. The molecule has 0 saturated heterocycles. The summed E-state index contributed by atoms with van der Waals surface area (Å²) in [7, 11) is 0. The average molecular weight is 169 g/mol. The average Bonchev–Trinajstić information content (AvgIpc) is 1.61. The van der Waals surface area contributed by atoms with Crippen LogP contribution in [-0.4, -0.2) is 5.75 Å². The molecule has 0 aromatic heterocycles. The second-order valence-corrected chi connectivity index (χ2v) is 5.07. The zero-order valence-corrected chi connectivity index (χ0v) is 7.78. The van der Waals surface area contributed by atoms with E-state index in [-0.39, 0.29) is 6.15 Å². The highest BCUT2D eigenvalue weighted by molar-refractivity contribution is 8.57. The van der Waals surface area contributed by atoms with Gasteiger partial charge in [0.15, 0.2) is 0 Å². The summed E-state index contributed by atoms with van der Waals surface area (Å²) in [6.45, 7) is 5.44. The van der Waals surface area contributed by atoms with Gasteiger partial charge in [-0.1, -0.05) is 25.2 Å². The molecule has 0 amide bonds. The van der Waals surface area contributed by atoms with Crippen LogP contribution in [0.15, 0.2) is 0 Å².